The van der Waals surface area contributed by atoms with Gasteiger partial charge >= 0.3 is 0 Å². The molecule has 146 valence electrons. The van der Waals surface area contributed by atoms with Crippen molar-refractivity contribution in [1.29, 1.82) is 0 Å². The number of carbonyl (C=O) groups excluding carboxylic acids is 1. The number of anilines is 1. The van der Waals surface area contributed by atoms with Gasteiger partial charge in [-0.1, -0.05) is 12.1 Å². The SMILES string of the molecule is Cl.O=C(Nc1ccc(C2CNCCO2)cc1)c1cnn(-c2ccc(Br)cn2)c1. The van der Waals surface area contributed by atoms with Crippen molar-refractivity contribution in [2.75, 3.05) is 25.0 Å². The Hall–Kier alpha value is -2.26. The van der Waals surface area contributed by atoms with Crippen LogP contribution >= 0.6 is 28.3 Å². The molecule has 1 amide bonds. The Morgan fingerprint density at radius 2 is 2.04 bits per heavy atom. The molecule has 7 nitrogen and oxygen atoms in total. The van der Waals surface area contributed by atoms with E-state index in [2.05, 4.69) is 36.6 Å². The summed E-state index contributed by atoms with van der Waals surface area (Å²) in [5.41, 5.74) is 2.28. The first-order valence-electron chi connectivity index (χ1n) is 8.59. The summed E-state index contributed by atoms with van der Waals surface area (Å²) in [7, 11) is 0. The van der Waals surface area contributed by atoms with Crippen LogP contribution in [-0.2, 0) is 4.74 Å². The smallest absolute Gasteiger partial charge is 0.258 e. The number of halogens is 2. The van der Waals surface area contributed by atoms with Gasteiger partial charge < -0.3 is 15.4 Å². The molecule has 1 fully saturated rings. The van der Waals surface area contributed by atoms with E-state index in [1.807, 2.05) is 36.4 Å². The highest BCUT2D eigenvalue weighted by atomic mass is 79.9. The molecular formula is C19H19BrClN5O2. The standard InChI is InChI=1S/C19H18BrN5O2.ClH/c20-15-3-6-18(22-10-15)25-12-14(9-23-25)19(26)24-16-4-1-13(2-5-16)17-11-21-7-8-27-17;/h1-6,9-10,12,17,21H,7-8,11H2,(H,24,26);1H. The third-order valence-corrected chi connectivity index (χ3v) is 4.73. The van der Waals surface area contributed by atoms with E-state index in [-0.39, 0.29) is 24.4 Å². The highest BCUT2D eigenvalue weighted by Crippen LogP contribution is 2.21. The Morgan fingerprint density at radius 3 is 2.71 bits per heavy atom. The molecule has 3 heterocycles. The van der Waals surface area contributed by atoms with Crippen LogP contribution < -0.4 is 10.6 Å². The van der Waals surface area contributed by atoms with Crippen molar-refractivity contribution in [3.05, 3.63) is 70.6 Å². The van der Waals surface area contributed by atoms with Crippen LogP contribution in [0.2, 0.25) is 0 Å². The third kappa shape index (κ3) is 4.77. The molecule has 1 aliphatic rings. The molecule has 1 unspecified atom stereocenters. The van der Waals surface area contributed by atoms with Crippen LogP contribution in [0.5, 0.6) is 0 Å². The number of hydrogen-bond acceptors (Lipinski definition) is 5. The maximum absolute atomic E-state index is 12.5. The Morgan fingerprint density at radius 1 is 1.21 bits per heavy atom. The fraction of sp³-hybridized carbons (Fsp3) is 0.211. The van der Waals surface area contributed by atoms with E-state index < -0.39 is 0 Å². The molecule has 0 radical (unpaired) electrons. The van der Waals surface area contributed by atoms with Crippen LogP contribution in [0.1, 0.15) is 22.0 Å². The molecule has 3 aromatic rings. The zero-order chi connectivity index (χ0) is 18.6. The van der Waals surface area contributed by atoms with Gasteiger partial charge in [0.1, 0.15) is 0 Å². The van der Waals surface area contributed by atoms with Gasteiger partial charge in [0.15, 0.2) is 5.82 Å². The third-order valence-electron chi connectivity index (χ3n) is 4.26. The minimum absolute atomic E-state index is 0. The lowest BCUT2D eigenvalue weighted by Crippen LogP contribution is -2.33. The number of ether oxygens (including phenoxy) is 1. The number of benzene rings is 1. The number of amides is 1. The topological polar surface area (TPSA) is 81.1 Å². The van der Waals surface area contributed by atoms with Crippen molar-refractivity contribution in [1.82, 2.24) is 20.1 Å². The number of hydrogen-bond donors (Lipinski definition) is 2. The number of aromatic nitrogens is 3. The van der Waals surface area contributed by atoms with Crippen molar-refractivity contribution >= 4 is 39.9 Å². The Balaban J connectivity index is 0.00000225. The summed E-state index contributed by atoms with van der Waals surface area (Å²) in [5, 5.41) is 10.4. The average molecular weight is 465 g/mol. The summed E-state index contributed by atoms with van der Waals surface area (Å²) in [5.74, 6) is 0.421. The number of morpholine rings is 1. The summed E-state index contributed by atoms with van der Waals surface area (Å²) < 4.78 is 8.19. The van der Waals surface area contributed by atoms with Gasteiger partial charge in [-0.25, -0.2) is 9.67 Å². The zero-order valence-electron chi connectivity index (χ0n) is 14.8. The first-order valence-corrected chi connectivity index (χ1v) is 9.38. The summed E-state index contributed by atoms with van der Waals surface area (Å²) in [6.45, 7) is 2.39. The van der Waals surface area contributed by atoms with Gasteiger partial charge in [-0.2, -0.15) is 5.10 Å². The van der Waals surface area contributed by atoms with Crippen LogP contribution in [0.4, 0.5) is 5.69 Å². The Labute approximate surface area is 177 Å². The predicted molar refractivity (Wildman–Crippen MR) is 112 cm³/mol. The Kier molecular flexibility index (Phi) is 6.79. The molecule has 9 heteroatoms. The monoisotopic (exact) mass is 463 g/mol. The normalized spacial score (nSPS) is 16.2. The van der Waals surface area contributed by atoms with Gasteiger partial charge in [-0.05, 0) is 45.8 Å². The van der Waals surface area contributed by atoms with Crippen molar-refractivity contribution in [2.45, 2.75) is 6.10 Å². The summed E-state index contributed by atoms with van der Waals surface area (Å²) in [6.07, 6.45) is 4.92. The molecule has 0 saturated carbocycles. The van der Waals surface area contributed by atoms with E-state index in [0.717, 1.165) is 28.8 Å². The minimum atomic E-state index is -0.221. The Bertz CT molecular complexity index is 924. The molecule has 1 aromatic carbocycles. The fourth-order valence-corrected chi connectivity index (χ4v) is 3.07. The first-order chi connectivity index (χ1) is 13.2. The highest BCUT2D eigenvalue weighted by molar-refractivity contribution is 9.10. The second kappa shape index (κ2) is 9.29. The first kappa shape index (κ1) is 20.5. The van der Waals surface area contributed by atoms with Crippen molar-refractivity contribution in [3.8, 4) is 5.82 Å². The molecule has 2 aromatic heterocycles. The maximum atomic E-state index is 12.5. The van der Waals surface area contributed by atoms with E-state index in [1.54, 1.807) is 17.1 Å². The molecule has 1 atom stereocenters. The van der Waals surface area contributed by atoms with Crippen molar-refractivity contribution < 1.29 is 9.53 Å². The quantitative estimate of drug-likeness (QED) is 0.619. The zero-order valence-corrected chi connectivity index (χ0v) is 17.2. The maximum Gasteiger partial charge on any atom is 0.258 e. The van der Waals surface area contributed by atoms with Gasteiger partial charge in [-0.3, -0.25) is 4.79 Å². The largest absolute Gasteiger partial charge is 0.371 e. The minimum Gasteiger partial charge on any atom is -0.371 e. The van der Waals surface area contributed by atoms with Crippen LogP contribution in [0.3, 0.4) is 0 Å². The number of nitrogens with zero attached hydrogens (tertiary/aromatic N) is 3. The second-order valence-corrected chi connectivity index (χ2v) is 7.06. The predicted octanol–water partition coefficient (Wildman–Crippen LogP) is 3.36. The van der Waals surface area contributed by atoms with E-state index in [1.165, 1.54) is 6.20 Å². The molecule has 2 N–H and O–H groups in total. The van der Waals surface area contributed by atoms with Crippen molar-refractivity contribution in [3.63, 3.8) is 0 Å². The van der Waals surface area contributed by atoms with Crippen LogP contribution in [0, 0.1) is 0 Å². The highest BCUT2D eigenvalue weighted by Gasteiger charge is 2.16. The molecule has 4 rings (SSSR count). The summed E-state index contributed by atoms with van der Waals surface area (Å²) in [6, 6.07) is 11.4. The van der Waals surface area contributed by atoms with E-state index in [0.29, 0.717) is 18.0 Å². The average Bonchev–Trinajstić information content (AvgIpc) is 3.20. The van der Waals surface area contributed by atoms with Crippen LogP contribution in [0.15, 0.2) is 59.5 Å². The fourth-order valence-electron chi connectivity index (χ4n) is 2.83. The molecule has 0 aliphatic carbocycles. The van der Waals surface area contributed by atoms with Gasteiger partial charge in [0, 0.05) is 35.6 Å². The van der Waals surface area contributed by atoms with Gasteiger partial charge in [0.05, 0.1) is 24.5 Å². The van der Waals surface area contributed by atoms with Gasteiger partial charge in [-0.15, -0.1) is 12.4 Å². The summed E-state index contributed by atoms with van der Waals surface area (Å²) in [4.78, 5) is 16.7. The lowest BCUT2D eigenvalue weighted by Gasteiger charge is -2.24. The lowest BCUT2D eigenvalue weighted by atomic mass is 10.1. The number of carbonyl (C=O) groups is 1. The van der Waals surface area contributed by atoms with E-state index in [9.17, 15) is 4.79 Å². The van der Waals surface area contributed by atoms with Crippen molar-refractivity contribution in [2.24, 2.45) is 0 Å². The second-order valence-electron chi connectivity index (χ2n) is 6.15. The lowest BCUT2D eigenvalue weighted by molar-refractivity contribution is 0.0277. The van der Waals surface area contributed by atoms with Gasteiger partial charge in [0.2, 0.25) is 0 Å². The molecule has 0 spiro atoms. The number of pyridine rings is 1. The van der Waals surface area contributed by atoms with E-state index >= 15 is 0 Å². The summed E-state index contributed by atoms with van der Waals surface area (Å²) >= 11 is 3.35. The van der Waals surface area contributed by atoms with Crippen LogP contribution in [0.25, 0.3) is 5.82 Å². The number of rotatable bonds is 4. The molecule has 0 bridgehead atoms. The molecule has 1 saturated heterocycles. The number of nitrogens with one attached hydrogen (secondary N) is 2. The molecule has 28 heavy (non-hydrogen) atoms. The van der Waals surface area contributed by atoms with E-state index in [4.69, 9.17) is 4.74 Å². The van der Waals surface area contributed by atoms with Gasteiger partial charge in [0.25, 0.3) is 5.91 Å². The van der Waals surface area contributed by atoms with Crippen LogP contribution in [-0.4, -0.2) is 40.4 Å². The molecule has 1 aliphatic heterocycles. The molecular weight excluding hydrogens is 446 g/mol.